The van der Waals surface area contributed by atoms with Gasteiger partial charge in [-0.15, -0.1) is 0 Å². The van der Waals surface area contributed by atoms with E-state index in [-0.39, 0.29) is 5.91 Å². The van der Waals surface area contributed by atoms with Gasteiger partial charge in [0.1, 0.15) is 11.6 Å². The molecule has 29 heavy (non-hydrogen) atoms. The molecule has 0 N–H and O–H groups in total. The predicted molar refractivity (Wildman–Crippen MR) is 112 cm³/mol. The first-order valence-corrected chi connectivity index (χ1v) is 10.7. The lowest BCUT2D eigenvalue weighted by Crippen LogP contribution is -2.37. The molecule has 0 saturated carbocycles. The maximum atomic E-state index is 11.5. The number of aromatic nitrogens is 2. The van der Waals surface area contributed by atoms with Crippen LogP contribution >= 0.6 is 0 Å². The van der Waals surface area contributed by atoms with Crippen LogP contribution in [0.2, 0.25) is 0 Å². The number of hydrogen-bond acceptors (Lipinski definition) is 5. The van der Waals surface area contributed by atoms with Crippen LogP contribution in [-0.2, 0) is 24.3 Å². The number of hydrogen-bond donors (Lipinski definition) is 0. The van der Waals surface area contributed by atoms with Gasteiger partial charge in [-0.1, -0.05) is 12.1 Å². The first-order valence-electron chi connectivity index (χ1n) is 10.7. The SMILES string of the molecule is CCOc1ccc(CN2CCc3nc(C4CCN(C(C)=O)CC4)ncc3C2)cc1. The summed E-state index contributed by atoms with van der Waals surface area (Å²) in [6.45, 7) is 8.81. The Hall–Kier alpha value is -2.47. The van der Waals surface area contributed by atoms with Crippen molar-refractivity contribution in [1.82, 2.24) is 19.8 Å². The molecule has 3 heterocycles. The number of likely N-dealkylation sites (tertiary alicyclic amines) is 1. The molecule has 2 aromatic rings. The van der Waals surface area contributed by atoms with Gasteiger partial charge in [0.25, 0.3) is 0 Å². The molecular weight excluding hydrogens is 364 g/mol. The molecular formula is C23H30N4O2. The number of rotatable bonds is 5. The van der Waals surface area contributed by atoms with Crippen molar-refractivity contribution in [2.45, 2.75) is 52.1 Å². The molecule has 154 valence electrons. The molecule has 0 unspecified atom stereocenters. The summed E-state index contributed by atoms with van der Waals surface area (Å²) in [5.74, 6) is 2.43. The van der Waals surface area contributed by atoms with Crippen LogP contribution in [0.15, 0.2) is 30.5 Å². The second kappa shape index (κ2) is 8.91. The van der Waals surface area contributed by atoms with Crippen LogP contribution in [0.4, 0.5) is 0 Å². The second-order valence-electron chi connectivity index (χ2n) is 8.02. The van der Waals surface area contributed by atoms with E-state index >= 15 is 0 Å². The normalized spacial score (nSPS) is 17.8. The number of carbonyl (C=O) groups excluding carboxylic acids is 1. The van der Waals surface area contributed by atoms with E-state index in [1.54, 1.807) is 6.92 Å². The van der Waals surface area contributed by atoms with E-state index in [1.807, 2.05) is 30.2 Å². The van der Waals surface area contributed by atoms with Crippen molar-refractivity contribution in [1.29, 1.82) is 0 Å². The van der Waals surface area contributed by atoms with E-state index in [0.717, 1.165) is 63.6 Å². The van der Waals surface area contributed by atoms with Crippen molar-refractivity contribution in [3.8, 4) is 5.75 Å². The summed E-state index contributed by atoms with van der Waals surface area (Å²) in [6, 6.07) is 8.38. The van der Waals surface area contributed by atoms with E-state index in [4.69, 9.17) is 14.7 Å². The maximum Gasteiger partial charge on any atom is 0.219 e. The minimum atomic E-state index is 0.169. The summed E-state index contributed by atoms with van der Waals surface area (Å²) in [5.41, 5.74) is 3.74. The second-order valence-corrected chi connectivity index (χ2v) is 8.02. The van der Waals surface area contributed by atoms with E-state index < -0.39 is 0 Å². The predicted octanol–water partition coefficient (Wildman–Crippen LogP) is 3.16. The molecule has 1 fully saturated rings. The Morgan fingerprint density at radius 1 is 1.17 bits per heavy atom. The first kappa shape index (κ1) is 19.8. The molecule has 0 atom stereocenters. The summed E-state index contributed by atoms with van der Waals surface area (Å²) in [4.78, 5) is 25.5. The Morgan fingerprint density at radius 2 is 1.93 bits per heavy atom. The van der Waals surface area contributed by atoms with Gasteiger partial charge in [-0.05, 0) is 37.5 Å². The monoisotopic (exact) mass is 394 g/mol. The minimum absolute atomic E-state index is 0.169. The molecule has 0 spiro atoms. The van der Waals surface area contributed by atoms with Crippen LogP contribution in [-0.4, -0.2) is 51.9 Å². The quantitative estimate of drug-likeness (QED) is 0.780. The number of fused-ring (bicyclic) bond motifs is 1. The third-order valence-electron chi connectivity index (χ3n) is 5.98. The smallest absolute Gasteiger partial charge is 0.219 e. The lowest BCUT2D eigenvalue weighted by Gasteiger charge is -2.32. The zero-order valence-corrected chi connectivity index (χ0v) is 17.4. The van der Waals surface area contributed by atoms with Crippen LogP contribution in [0.25, 0.3) is 0 Å². The number of benzene rings is 1. The summed E-state index contributed by atoms with van der Waals surface area (Å²) in [7, 11) is 0. The zero-order chi connectivity index (χ0) is 20.2. The van der Waals surface area contributed by atoms with E-state index in [1.165, 1.54) is 16.8 Å². The van der Waals surface area contributed by atoms with Crippen LogP contribution in [0.5, 0.6) is 5.75 Å². The van der Waals surface area contributed by atoms with Gasteiger partial charge >= 0.3 is 0 Å². The molecule has 6 nitrogen and oxygen atoms in total. The molecule has 0 radical (unpaired) electrons. The number of nitrogens with zero attached hydrogens (tertiary/aromatic N) is 4. The molecule has 4 rings (SSSR count). The van der Waals surface area contributed by atoms with Gasteiger partial charge in [0.2, 0.25) is 5.91 Å². The molecule has 1 saturated heterocycles. The lowest BCUT2D eigenvalue weighted by molar-refractivity contribution is -0.129. The molecule has 2 aliphatic rings. The van der Waals surface area contributed by atoms with Crippen molar-refractivity contribution < 1.29 is 9.53 Å². The molecule has 0 bridgehead atoms. The highest BCUT2D eigenvalue weighted by Crippen LogP contribution is 2.27. The fourth-order valence-corrected chi connectivity index (χ4v) is 4.29. The third-order valence-corrected chi connectivity index (χ3v) is 5.98. The Bertz CT molecular complexity index is 844. The average Bonchev–Trinajstić information content (AvgIpc) is 2.75. The Balaban J connectivity index is 1.36. The Labute approximate surface area is 172 Å². The van der Waals surface area contributed by atoms with Crippen LogP contribution in [0.3, 0.4) is 0 Å². The fraction of sp³-hybridized carbons (Fsp3) is 0.522. The number of ether oxygens (including phenoxy) is 1. The van der Waals surface area contributed by atoms with Crippen molar-refractivity contribution in [2.24, 2.45) is 0 Å². The van der Waals surface area contributed by atoms with Crippen molar-refractivity contribution in [3.05, 3.63) is 53.1 Å². The van der Waals surface area contributed by atoms with Gasteiger partial charge in [-0.2, -0.15) is 0 Å². The van der Waals surface area contributed by atoms with Crippen molar-refractivity contribution in [2.75, 3.05) is 26.2 Å². The molecule has 6 heteroatoms. The van der Waals surface area contributed by atoms with Crippen LogP contribution < -0.4 is 4.74 Å². The van der Waals surface area contributed by atoms with Crippen molar-refractivity contribution in [3.63, 3.8) is 0 Å². The van der Waals surface area contributed by atoms with Gasteiger partial charge in [0.15, 0.2) is 0 Å². The largest absolute Gasteiger partial charge is 0.494 e. The van der Waals surface area contributed by atoms with E-state index in [2.05, 4.69) is 17.0 Å². The number of piperidine rings is 1. The Kier molecular flexibility index (Phi) is 6.09. The number of carbonyl (C=O) groups is 1. The van der Waals surface area contributed by atoms with Gasteiger partial charge in [0, 0.05) is 69.4 Å². The fourth-order valence-electron chi connectivity index (χ4n) is 4.29. The first-order chi connectivity index (χ1) is 14.1. The summed E-state index contributed by atoms with van der Waals surface area (Å²) in [5, 5.41) is 0. The molecule has 1 aromatic heterocycles. The van der Waals surface area contributed by atoms with E-state index in [9.17, 15) is 4.79 Å². The average molecular weight is 395 g/mol. The highest BCUT2D eigenvalue weighted by atomic mass is 16.5. The minimum Gasteiger partial charge on any atom is -0.494 e. The van der Waals surface area contributed by atoms with Gasteiger partial charge in [0.05, 0.1) is 6.61 Å². The highest BCUT2D eigenvalue weighted by molar-refractivity contribution is 5.73. The standard InChI is InChI=1S/C23H30N4O2/c1-3-29-21-6-4-18(5-7-21)15-26-11-10-22-20(16-26)14-24-23(25-22)19-8-12-27(13-9-19)17(2)28/h4-7,14,19H,3,8-13,15-16H2,1-2H3. The molecule has 1 aromatic carbocycles. The van der Waals surface area contributed by atoms with Crippen LogP contribution in [0, 0.1) is 0 Å². The topological polar surface area (TPSA) is 58.6 Å². The Morgan fingerprint density at radius 3 is 2.62 bits per heavy atom. The molecule has 2 aliphatic heterocycles. The van der Waals surface area contributed by atoms with Gasteiger partial charge in [-0.3, -0.25) is 9.69 Å². The van der Waals surface area contributed by atoms with Crippen LogP contribution in [0.1, 0.15) is 55.3 Å². The summed E-state index contributed by atoms with van der Waals surface area (Å²) in [6.07, 6.45) is 4.91. The molecule has 0 aliphatic carbocycles. The van der Waals surface area contributed by atoms with E-state index in [0.29, 0.717) is 12.5 Å². The third kappa shape index (κ3) is 4.75. The lowest BCUT2D eigenvalue weighted by atomic mass is 9.95. The molecule has 1 amide bonds. The number of amides is 1. The summed E-state index contributed by atoms with van der Waals surface area (Å²) >= 11 is 0. The van der Waals surface area contributed by atoms with Crippen molar-refractivity contribution >= 4 is 5.91 Å². The highest BCUT2D eigenvalue weighted by Gasteiger charge is 2.26. The summed E-state index contributed by atoms with van der Waals surface area (Å²) < 4.78 is 5.53. The van der Waals surface area contributed by atoms with Gasteiger partial charge in [-0.25, -0.2) is 9.97 Å². The maximum absolute atomic E-state index is 11.5. The van der Waals surface area contributed by atoms with Gasteiger partial charge < -0.3 is 9.64 Å². The zero-order valence-electron chi connectivity index (χ0n) is 17.4.